The van der Waals surface area contributed by atoms with Crippen molar-refractivity contribution in [1.29, 1.82) is 0 Å². The van der Waals surface area contributed by atoms with Crippen LogP contribution in [0.4, 0.5) is 0 Å². The van der Waals surface area contributed by atoms with Crippen molar-refractivity contribution in [2.24, 2.45) is 5.73 Å². The SMILES string of the molecule is NCCC(=O)NNC(=O)c1ccccn1. The molecule has 15 heavy (non-hydrogen) atoms. The smallest absolute Gasteiger partial charge is 0.288 e. The van der Waals surface area contributed by atoms with Crippen LogP contribution >= 0.6 is 0 Å². The highest BCUT2D eigenvalue weighted by atomic mass is 16.2. The van der Waals surface area contributed by atoms with E-state index in [-0.39, 0.29) is 24.6 Å². The van der Waals surface area contributed by atoms with Crippen LogP contribution in [0, 0.1) is 0 Å². The summed E-state index contributed by atoms with van der Waals surface area (Å²) in [7, 11) is 0. The minimum atomic E-state index is -0.457. The minimum Gasteiger partial charge on any atom is -0.330 e. The van der Waals surface area contributed by atoms with E-state index in [1.54, 1.807) is 18.2 Å². The molecule has 1 aromatic heterocycles. The number of hydrogen-bond acceptors (Lipinski definition) is 4. The van der Waals surface area contributed by atoms with Crippen LogP contribution in [0.5, 0.6) is 0 Å². The van der Waals surface area contributed by atoms with Crippen molar-refractivity contribution in [1.82, 2.24) is 15.8 Å². The van der Waals surface area contributed by atoms with E-state index < -0.39 is 5.91 Å². The van der Waals surface area contributed by atoms with Gasteiger partial charge in [-0.15, -0.1) is 0 Å². The summed E-state index contributed by atoms with van der Waals surface area (Å²) in [5.74, 6) is -0.789. The van der Waals surface area contributed by atoms with Crippen LogP contribution in [-0.2, 0) is 4.79 Å². The first kappa shape index (κ1) is 11.1. The number of hydrogen-bond donors (Lipinski definition) is 3. The first-order valence-electron chi connectivity index (χ1n) is 4.44. The number of aromatic nitrogens is 1. The first-order valence-corrected chi connectivity index (χ1v) is 4.44. The number of nitrogens with one attached hydrogen (secondary N) is 2. The number of nitrogens with two attached hydrogens (primary N) is 1. The largest absolute Gasteiger partial charge is 0.330 e. The van der Waals surface area contributed by atoms with Crippen LogP contribution in [0.15, 0.2) is 24.4 Å². The minimum absolute atomic E-state index is 0.169. The van der Waals surface area contributed by atoms with Crippen molar-refractivity contribution in [3.63, 3.8) is 0 Å². The highest BCUT2D eigenvalue weighted by molar-refractivity contribution is 5.93. The summed E-state index contributed by atoms with van der Waals surface area (Å²) in [5, 5.41) is 0. The first-order chi connectivity index (χ1) is 7.24. The highest BCUT2D eigenvalue weighted by Crippen LogP contribution is 1.91. The van der Waals surface area contributed by atoms with Gasteiger partial charge in [-0.2, -0.15) is 0 Å². The Labute approximate surface area is 86.8 Å². The van der Waals surface area contributed by atoms with E-state index in [4.69, 9.17) is 5.73 Å². The molecule has 1 aromatic rings. The second-order valence-electron chi connectivity index (χ2n) is 2.76. The normalized spacial score (nSPS) is 9.40. The molecule has 80 valence electrons. The van der Waals surface area contributed by atoms with Gasteiger partial charge in [-0.3, -0.25) is 25.4 Å². The van der Waals surface area contributed by atoms with Crippen LogP contribution in [0.25, 0.3) is 0 Å². The second kappa shape index (κ2) is 5.71. The van der Waals surface area contributed by atoms with Crippen molar-refractivity contribution >= 4 is 11.8 Å². The van der Waals surface area contributed by atoms with E-state index in [1.165, 1.54) is 6.20 Å². The topological polar surface area (TPSA) is 97.1 Å². The van der Waals surface area contributed by atoms with Gasteiger partial charge >= 0.3 is 0 Å². The van der Waals surface area contributed by atoms with Gasteiger partial charge in [-0.1, -0.05) is 6.07 Å². The Morgan fingerprint density at radius 3 is 2.73 bits per heavy atom. The standard InChI is InChI=1S/C9H12N4O2/c10-5-4-8(14)12-13-9(15)7-3-1-2-6-11-7/h1-3,6H,4-5,10H2,(H,12,14)(H,13,15). The Morgan fingerprint density at radius 1 is 1.33 bits per heavy atom. The molecule has 6 nitrogen and oxygen atoms in total. The molecule has 0 aliphatic heterocycles. The third-order valence-corrected chi connectivity index (χ3v) is 1.58. The third kappa shape index (κ3) is 3.74. The molecular formula is C9H12N4O2. The highest BCUT2D eigenvalue weighted by Gasteiger charge is 2.06. The molecule has 0 atom stereocenters. The number of amides is 2. The lowest BCUT2D eigenvalue weighted by Gasteiger charge is -2.05. The van der Waals surface area contributed by atoms with Crippen molar-refractivity contribution < 1.29 is 9.59 Å². The van der Waals surface area contributed by atoms with Gasteiger partial charge in [-0.25, -0.2) is 0 Å². The fourth-order valence-corrected chi connectivity index (χ4v) is 0.881. The van der Waals surface area contributed by atoms with Gasteiger partial charge in [0.15, 0.2) is 0 Å². The van der Waals surface area contributed by atoms with Crippen LogP contribution in [0.3, 0.4) is 0 Å². The summed E-state index contributed by atoms with van der Waals surface area (Å²) < 4.78 is 0. The summed E-state index contributed by atoms with van der Waals surface area (Å²) in [5.41, 5.74) is 9.85. The van der Waals surface area contributed by atoms with E-state index in [2.05, 4.69) is 15.8 Å². The van der Waals surface area contributed by atoms with Gasteiger partial charge in [0, 0.05) is 19.2 Å². The van der Waals surface area contributed by atoms with Crippen LogP contribution in [-0.4, -0.2) is 23.3 Å². The molecule has 4 N–H and O–H groups in total. The second-order valence-corrected chi connectivity index (χ2v) is 2.76. The van der Waals surface area contributed by atoms with Gasteiger partial charge in [0.1, 0.15) is 5.69 Å². The molecule has 0 saturated heterocycles. The maximum atomic E-state index is 11.3. The molecule has 6 heteroatoms. The summed E-state index contributed by atoms with van der Waals surface area (Å²) >= 11 is 0. The Balaban J connectivity index is 2.40. The lowest BCUT2D eigenvalue weighted by Crippen LogP contribution is -2.42. The molecule has 1 heterocycles. The van der Waals surface area contributed by atoms with Gasteiger partial charge in [-0.05, 0) is 12.1 Å². The van der Waals surface area contributed by atoms with Gasteiger partial charge in [0.25, 0.3) is 5.91 Å². The van der Waals surface area contributed by atoms with Crippen molar-refractivity contribution in [3.05, 3.63) is 30.1 Å². The van der Waals surface area contributed by atoms with E-state index >= 15 is 0 Å². The quantitative estimate of drug-likeness (QED) is 0.566. The lowest BCUT2D eigenvalue weighted by molar-refractivity contribution is -0.121. The van der Waals surface area contributed by atoms with Crippen molar-refractivity contribution in [3.8, 4) is 0 Å². The zero-order chi connectivity index (χ0) is 11.1. The molecule has 0 spiro atoms. The maximum Gasteiger partial charge on any atom is 0.288 e. The lowest BCUT2D eigenvalue weighted by atomic mass is 10.3. The summed E-state index contributed by atoms with van der Waals surface area (Å²) in [6, 6.07) is 4.93. The van der Waals surface area contributed by atoms with E-state index in [0.29, 0.717) is 0 Å². The average Bonchev–Trinajstić information content (AvgIpc) is 2.27. The Bertz CT molecular complexity index is 339. The summed E-state index contributed by atoms with van der Waals surface area (Å²) in [6.45, 7) is 0.241. The Hall–Kier alpha value is -1.95. The molecule has 0 aliphatic rings. The molecule has 0 fully saturated rings. The van der Waals surface area contributed by atoms with Crippen LogP contribution < -0.4 is 16.6 Å². The number of rotatable bonds is 3. The Morgan fingerprint density at radius 2 is 2.13 bits per heavy atom. The molecule has 2 amide bonds. The summed E-state index contributed by atoms with van der Waals surface area (Å²) in [6.07, 6.45) is 1.67. The average molecular weight is 208 g/mol. The fourth-order valence-electron chi connectivity index (χ4n) is 0.881. The van der Waals surface area contributed by atoms with Crippen LogP contribution in [0.2, 0.25) is 0 Å². The third-order valence-electron chi connectivity index (χ3n) is 1.58. The number of carbonyl (C=O) groups is 2. The zero-order valence-electron chi connectivity index (χ0n) is 8.06. The van der Waals surface area contributed by atoms with Crippen molar-refractivity contribution in [2.75, 3.05) is 6.54 Å². The molecule has 0 aliphatic carbocycles. The van der Waals surface area contributed by atoms with Crippen LogP contribution in [0.1, 0.15) is 16.9 Å². The van der Waals surface area contributed by atoms with Gasteiger partial charge in [0.05, 0.1) is 0 Å². The van der Waals surface area contributed by atoms with Gasteiger partial charge in [0.2, 0.25) is 5.91 Å². The molecule has 0 unspecified atom stereocenters. The van der Waals surface area contributed by atoms with E-state index in [0.717, 1.165) is 0 Å². The molecule has 0 saturated carbocycles. The predicted molar refractivity (Wildman–Crippen MR) is 53.5 cm³/mol. The van der Waals surface area contributed by atoms with Gasteiger partial charge < -0.3 is 5.73 Å². The zero-order valence-corrected chi connectivity index (χ0v) is 8.06. The Kier molecular flexibility index (Phi) is 4.24. The molecule has 0 radical (unpaired) electrons. The number of pyridine rings is 1. The molecular weight excluding hydrogens is 196 g/mol. The van der Waals surface area contributed by atoms with Crippen molar-refractivity contribution in [2.45, 2.75) is 6.42 Å². The molecule has 0 aromatic carbocycles. The maximum absolute atomic E-state index is 11.3. The number of hydrazine groups is 1. The number of nitrogens with zero attached hydrogens (tertiary/aromatic N) is 1. The fraction of sp³-hybridized carbons (Fsp3) is 0.222. The van der Waals surface area contributed by atoms with E-state index in [9.17, 15) is 9.59 Å². The predicted octanol–water partition coefficient (Wildman–Crippen LogP) is -0.809. The van der Waals surface area contributed by atoms with E-state index in [1.807, 2.05) is 0 Å². The molecule has 1 rings (SSSR count). The summed E-state index contributed by atoms with van der Waals surface area (Å²) in [4.78, 5) is 26.1. The number of carbonyl (C=O) groups excluding carboxylic acids is 2. The molecule has 0 bridgehead atoms. The monoisotopic (exact) mass is 208 g/mol.